The molecule has 156 valence electrons. The summed E-state index contributed by atoms with van der Waals surface area (Å²) >= 11 is 1.68. The van der Waals surface area contributed by atoms with E-state index in [-0.39, 0.29) is 12.5 Å². The van der Waals surface area contributed by atoms with E-state index < -0.39 is 0 Å². The third-order valence-corrected chi connectivity index (χ3v) is 6.03. The average molecular weight is 424 g/mol. The number of benzene rings is 2. The third kappa shape index (κ3) is 5.17. The van der Waals surface area contributed by atoms with Crippen LogP contribution in [0.2, 0.25) is 0 Å². The highest BCUT2D eigenvalue weighted by Gasteiger charge is 2.22. The molecule has 1 saturated heterocycles. The summed E-state index contributed by atoms with van der Waals surface area (Å²) in [7, 11) is 1.61. The maximum absolute atomic E-state index is 12.5. The minimum Gasteiger partial charge on any atom is -0.497 e. The van der Waals surface area contributed by atoms with Gasteiger partial charge in [0.1, 0.15) is 16.5 Å². The molecule has 2 aromatic carbocycles. The van der Waals surface area contributed by atoms with Crippen LogP contribution in [0.1, 0.15) is 5.69 Å². The summed E-state index contributed by atoms with van der Waals surface area (Å²) in [5.41, 5.74) is 2.24. The highest BCUT2D eigenvalue weighted by atomic mass is 32.1. The molecule has 0 radical (unpaired) electrons. The number of rotatable bonds is 7. The molecule has 1 aliphatic rings. The van der Waals surface area contributed by atoms with E-state index in [1.54, 1.807) is 24.5 Å². The SMILES string of the molecule is COc1cccc(OCC(=O)N2CCN(Cc3csc(-c4ccccc4)n3)CC2)c1. The van der Waals surface area contributed by atoms with Crippen molar-refractivity contribution in [3.05, 3.63) is 65.7 Å². The molecule has 30 heavy (non-hydrogen) atoms. The molecule has 1 aliphatic heterocycles. The van der Waals surface area contributed by atoms with Gasteiger partial charge in [-0.3, -0.25) is 9.69 Å². The fourth-order valence-corrected chi connectivity index (χ4v) is 4.22. The van der Waals surface area contributed by atoms with Crippen molar-refractivity contribution in [2.45, 2.75) is 6.54 Å². The van der Waals surface area contributed by atoms with Gasteiger partial charge in [-0.1, -0.05) is 36.4 Å². The lowest BCUT2D eigenvalue weighted by Gasteiger charge is -2.34. The average Bonchev–Trinajstić information content (AvgIpc) is 3.27. The molecule has 0 N–H and O–H groups in total. The summed E-state index contributed by atoms with van der Waals surface area (Å²) in [5, 5.41) is 3.18. The van der Waals surface area contributed by atoms with Crippen molar-refractivity contribution in [1.29, 1.82) is 0 Å². The maximum Gasteiger partial charge on any atom is 0.260 e. The Labute approximate surface area is 180 Å². The van der Waals surface area contributed by atoms with Crippen LogP contribution in [-0.4, -0.2) is 60.6 Å². The Morgan fingerprint density at radius 3 is 2.57 bits per heavy atom. The molecule has 7 heteroatoms. The van der Waals surface area contributed by atoms with Gasteiger partial charge >= 0.3 is 0 Å². The molecule has 0 atom stereocenters. The molecule has 0 bridgehead atoms. The normalized spacial score (nSPS) is 14.5. The number of piperazine rings is 1. The second kappa shape index (κ2) is 9.73. The van der Waals surface area contributed by atoms with E-state index >= 15 is 0 Å². The highest BCUT2D eigenvalue weighted by molar-refractivity contribution is 7.13. The molecule has 0 unspecified atom stereocenters. The Morgan fingerprint density at radius 2 is 1.80 bits per heavy atom. The number of thiazole rings is 1. The summed E-state index contributed by atoms with van der Waals surface area (Å²) in [4.78, 5) is 21.5. The van der Waals surface area contributed by atoms with Gasteiger partial charge in [0, 0.05) is 49.7 Å². The highest BCUT2D eigenvalue weighted by Crippen LogP contribution is 2.24. The number of ether oxygens (including phenoxy) is 2. The zero-order valence-corrected chi connectivity index (χ0v) is 17.8. The summed E-state index contributed by atoms with van der Waals surface area (Å²) in [6.45, 7) is 3.93. The smallest absolute Gasteiger partial charge is 0.260 e. The van der Waals surface area contributed by atoms with Gasteiger partial charge in [-0.05, 0) is 12.1 Å². The topological polar surface area (TPSA) is 54.9 Å². The summed E-state index contributed by atoms with van der Waals surface area (Å²) in [6.07, 6.45) is 0. The lowest BCUT2D eigenvalue weighted by atomic mass is 10.2. The van der Waals surface area contributed by atoms with E-state index in [0.717, 1.165) is 35.9 Å². The first kappa shape index (κ1) is 20.4. The summed E-state index contributed by atoms with van der Waals surface area (Å²) in [6, 6.07) is 17.5. The quantitative estimate of drug-likeness (QED) is 0.582. The van der Waals surface area contributed by atoms with E-state index in [9.17, 15) is 4.79 Å². The van der Waals surface area contributed by atoms with Crippen LogP contribution in [0, 0.1) is 0 Å². The molecular formula is C23H25N3O3S. The zero-order valence-electron chi connectivity index (χ0n) is 17.0. The van der Waals surface area contributed by atoms with Crippen LogP contribution >= 0.6 is 11.3 Å². The molecule has 1 fully saturated rings. The van der Waals surface area contributed by atoms with Gasteiger partial charge in [-0.25, -0.2) is 4.98 Å². The molecular weight excluding hydrogens is 398 g/mol. The summed E-state index contributed by atoms with van der Waals surface area (Å²) in [5.74, 6) is 1.36. The van der Waals surface area contributed by atoms with Crippen LogP contribution in [-0.2, 0) is 11.3 Å². The molecule has 0 aliphatic carbocycles. The van der Waals surface area contributed by atoms with Gasteiger partial charge in [0.15, 0.2) is 6.61 Å². The lowest BCUT2D eigenvalue weighted by molar-refractivity contribution is -0.135. The fraction of sp³-hybridized carbons (Fsp3) is 0.304. The fourth-order valence-electron chi connectivity index (χ4n) is 3.40. The van der Waals surface area contributed by atoms with Gasteiger partial charge in [0.05, 0.1) is 12.8 Å². The number of amides is 1. The first-order valence-corrected chi connectivity index (χ1v) is 10.9. The Morgan fingerprint density at radius 1 is 1.03 bits per heavy atom. The molecule has 1 aromatic heterocycles. The van der Waals surface area contributed by atoms with Gasteiger partial charge in [-0.2, -0.15) is 0 Å². The van der Waals surface area contributed by atoms with Gasteiger partial charge in [-0.15, -0.1) is 11.3 Å². The minimum absolute atomic E-state index is 0.0116. The number of hydrogen-bond acceptors (Lipinski definition) is 6. The van der Waals surface area contributed by atoms with Crippen molar-refractivity contribution in [3.8, 4) is 22.1 Å². The van der Waals surface area contributed by atoms with E-state index in [2.05, 4.69) is 22.4 Å². The minimum atomic E-state index is 0.0116. The van der Waals surface area contributed by atoms with Crippen molar-refractivity contribution in [1.82, 2.24) is 14.8 Å². The molecule has 0 saturated carbocycles. The zero-order chi connectivity index (χ0) is 20.8. The molecule has 2 heterocycles. The van der Waals surface area contributed by atoms with Crippen molar-refractivity contribution >= 4 is 17.2 Å². The Balaban J connectivity index is 1.24. The van der Waals surface area contributed by atoms with E-state index in [1.165, 1.54) is 0 Å². The molecule has 1 amide bonds. The predicted molar refractivity (Wildman–Crippen MR) is 118 cm³/mol. The van der Waals surface area contributed by atoms with Gasteiger partial charge in [0.25, 0.3) is 5.91 Å². The van der Waals surface area contributed by atoms with Crippen molar-refractivity contribution in [3.63, 3.8) is 0 Å². The molecule has 4 rings (SSSR count). The Hall–Kier alpha value is -2.90. The van der Waals surface area contributed by atoms with Crippen LogP contribution in [0.5, 0.6) is 11.5 Å². The molecule has 0 spiro atoms. The largest absolute Gasteiger partial charge is 0.497 e. The van der Waals surface area contributed by atoms with Crippen LogP contribution in [0.15, 0.2) is 60.0 Å². The third-order valence-electron chi connectivity index (χ3n) is 5.09. The Bertz CT molecular complexity index is 969. The number of nitrogens with zero attached hydrogens (tertiary/aromatic N) is 3. The summed E-state index contributed by atoms with van der Waals surface area (Å²) < 4.78 is 10.8. The van der Waals surface area contributed by atoms with Crippen molar-refractivity contribution in [2.75, 3.05) is 39.9 Å². The van der Waals surface area contributed by atoms with Crippen molar-refractivity contribution in [2.24, 2.45) is 0 Å². The van der Waals surface area contributed by atoms with Gasteiger partial charge < -0.3 is 14.4 Å². The van der Waals surface area contributed by atoms with E-state index in [1.807, 2.05) is 41.3 Å². The second-order valence-corrected chi connectivity index (χ2v) is 7.99. The predicted octanol–water partition coefficient (Wildman–Crippen LogP) is 3.54. The van der Waals surface area contributed by atoms with E-state index in [0.29, 0.717) is 24.6 Å². The lowest BCUT2D eigenvalue weighted by Crippen LogP contribution is -2.49. The first-order chi connectivity index (χ1) is 14.7. The van der Waals surface area contributed by atoms with E-state index in [4.69, 9.17) is 14.5 Å². The van der Waals surface area contributed by atoms with Crippen LogP contribution in [0.4, 0.5) is 0 Å². The monoisotopic (exact) mass is 423 g/mol. The van der Waals surface area contributed by atoms with Crippen LogP contribution < -0.4 is 9.47 Å². The van der Waals surface area contributed by atoms with Crippen LogP contribution in [0.25, 0.3) is 10.6 Å². The number of methoxy groups -OCH3 is 1. The van der Waals surface area contributed by atoms with Gasteiger partial charge in [0.2, 0.25) is 0 Å². The molecule has 3 aromatic rings. The number of carbonyl (C=O) groups is 1. The number of aromatic nitrogens is 1. The standard InChI is InChI=1S/C23H25N3O3S/c1-28-20-8-5-9-21(14-20)29-16-22(27)26-12-10-25(11-13-26)15-19-17-30-23(24-19)18-6-3-2-4-7-18/h2-9,14,17H,10-13,15-16H2,1H3. The first-order valence-electron chi connectivity index (χ1n) is 9.98. The number of hydrogen-bond donors (Lipinski definition) is 0. The number of carbonyl (C=O) groups excluding carboxylic acids is 1. The Kier molecular flexibility index (Phi) is 6.61. The maximum atomic E-state index is 12.5. The van der Waals surface area contributed by atoms with Crippen molar-refractivity contribution < 1.29 is 14.3 Å². The van der Waals surface area contributed by atoms with Crippen LogP contribution in [0.3, 0.4) is 0 Å². The molecule has 6 nitrogen and oxygen atoms in total. The second-order valence-electron chi connectivity index (χ2n) is 7.13.